The maximum Gasteiger partial charge on any atom is 0.387 e. The topological polar surface area (TPSA) is 47.6 Å². The molecule has 0 atom stereocenters. The van der Waals surface area contributed by atoms with Crippen LogP contribution in [-0.4, -0.2) is 12.5 Å². The molecule has 0 bridgehead atoms. The van der Waals surface area contributed by atoms with Crippen molar-refractivity contribution >= 4 is 22.9 Å². The number of hydrogen-bond donors (Lipinski definition) is 1. The fraction of sp³-hybridized carbons (Fsp3) is 0.150. The molecule has 27 heavy (non-hydrogen) atoms. The first kappa shape index (κ1) is 18.8. The highest BCUT2D eigenvalue weighted by Crippen LogP contribution is 2.28. The molecule has 3 rings (SSSR count). The monoisotopic (exact) mass is 389 g/mol. The van der Waals surface area contributed by atoms with Gasteiger partial charge >= 0.3 is 6.61 Å². The summed E-state index contributed by atoms with van der Waals surface area (Å²) in [6.07, 6.45) is 0. The normalized spacial score (nSPS) is 10.7. The van der Waals surface area contributed by atoms with Crippen molar-refractivity contribution in [2.45, 2.75) is 20.1 Å². The molecule has 7 heteroatoms. The number of benzene rings is 2. The molecule has 0 fully saturated rings. The molecular formula is C20H17F2NO3S. The first-order valence-electron chi connectivity index (χ1n) is 8.13. The van der Waals surface area contributed by atoms with Crippen molar-refractivity contribution in [1.82, 2.24) is 0 Å². The zero-order chi connectivity index (χ0) is 19.2. The minimum Gasteiger partial charge on any atom is -0.489 e. The van der Waals surface area contributed by atoms with Gasteiger partial charge in [0, 0.05) is 5.56 Å². The van der Waals surface area contributed by atoms with Gasteiger partial charge in [-0.05, 0) is 48.2 Å². The highest BCUT2D eigenvalue weighted by atomic mass is 32.1. The van der Waals surface area contributed by atoms with Gasteiger partial charge in [0.25, 0.3) is 5.91 Å². The lowest BCUT2D eigenvalue weighted by molar-refractivity contribution is -0.0494. The van der Waals surface area contributed by atoms with Crippen molar-refractivity contribution in [1.29, 1.82) is 0 Å². The Kier molecular flexibility index (Phi) is 6.03. The van der Waals surface area contributed by atoms with E-state index in [-0.39, 0.29) is 11.4 Å². The Balaban J connectivity index is 1.66. The molecule has 1 heterocycles. The van der Waals surface area contributed by atoms with Gasteiger partial charge < -0.3 is 14.8 Å². The first-order valence-corrected chi connectivity index (χ1v) is 9.01. The summed E-state index contributed by atoms with van der Waals surface area (Å²) >= 11 is 1.25. The number of para-hydroxylation sites is 1. The van der Waals surface area contributed by atoms with Crippen LogP contribution < -0.4 is 14.8 Å². The molecule has 1 N–H and O–H groups in total. The summed E-state index contributed by atoms with van der Waals surface area (Å²) < 4.78 is 35.3. The summed E-state index contributed by atoms with van der Waals surface area (Å²) in [5.41, 5.74) is 1.79. The van der Waals surface area contributed by atoms with E-state index in [4.69, 9.17) is 4.74 Å². The Morgan fingerprint density at radius 3 is 2.67 bits per heavy atom. The molecule has 0 saturated carbocycles. The number of carbonyl (C=O) groups is 1. The van der Waals surface area contributed by atoms with Gasteiger partial charge in [-0.3, -0.25) is 4.79 Å². The summed E-state index contributed by atoms with van der Waals surface area (Å²) in [5, 5.41) is 4.44. The van der Waals surface area contributed by atoms with Crippen molar-refractivity contribution in [3.8, 4) is 11.5 Å². The van der Waals surface area contributed by atoms with E-state index >= 15 is 0 Å². The second-order valence-corrected chi connectivity index (χ2v) is 6.66. The van der Waals surface area contributed by atoms with Crippen LogP contribution in [0.1, 0.15) is 20.8 Å². The van der Waals surface area contributed by atoms with Crippen molar-refractivity contribution in [2.75, 3.05) is 5.32 Å². The number of alkyl halides is 2. The Bertz CT molecular complexity index is 913. The number of amides is 1. The highest BCUT2D eigenvalue weighted by Gasteiger charge is 2.15. The summed E-state index contributed by atoms with van der Waals surface area (Å²) in [4.78, 5) is 12.9. The van der Waals surface area contributed by atoms with Gasteiger partial charge in [-0.25, -0.2) is 0 Å². The standard InChI is InChI=1S/C20H17F2NO3S/c1-13-7-8-16(17(9-13)26-20(21)22)23-19(24)18-10-14(12-27-18)11-25-15-5-3-2-4-6-15/h2-10,12,20H,11H2,1H3,(H,23,24). The Morgan fingerprint density at radius 1 is 1.15 bits per heavy atom. The average Bonchev–Trinajstić information content (AvgIpc) is 3.12. The number of aryl methyl sites for hydroxylation is 1. The van der Waals surface area contributed by atoms with Gasteiger partial charge in [0.05, 0.1) is 10.6 Å². The van der Waals surface area contributed by atoms with Crippen LogP contribution >= 0.6 is 11.3 Å². The Labute approximate surface area is 159 Å². The fourth-order valence-electron chi connectivity index (χ4n) is 2.36. The molecule has 1 amide bonds. The van der Waals surface area contributed by atoms with Gasteiger partial charge in [-0.15, -0.1) is 11.3 Å². The van der Waals surface area contributed by atoms with Crippen LogP contribution in [0.2, 0.25) is 0 Å². The number of carbonyl (C=O) groups excluding carboxylic acids is 1. The SMILES string of the molecule is Cc1ccc(NC(=O)c2cc(COc3ccccc3)cs2)c(OC(F)F)c1. The number of halogens is 2. The summed E-state index contributed by atoms with van der Waals surface area (Å²) in [6, 6.07) is 15.8. The Hall–Kier alpha value is -2.93. The van der Waals surface area contributed by atoms with Crippen LogP contribution in [0, 0.1) is 6.92 Å². The number of ether oxygens (including phenoxy) is 2. The molecule has 0 saturated heterocycles. The van der Waals surface area contributed by atoms with E-state index in [2.05, 4.69) is 10.1 Å². The molecule has 0 aliphatic rings. The third kappa shape index (κ3) is 5.27. The maximum absolute atomic E-state index is 12.6. The van der Waals surface area contributed by atoms with Crippen molar-refractivity contribution in [3.05, 3.63) is 76.0 Å². The molecule has 0 aliphatic carbocycles. The van der Waals surface area contributed by atoms with Crippen LogP contribution in [0.15, 0.2) is 60.0 Å². The van der Waals surface area contributed by atoms with E-state index in [0.29, 0.717) is 11.5 Å². The molecule has 0 aliphatic heterocycles. The second kappa shape index (κ2) is 8.64. The number of hydrogen-bond acceptors (Lipinski definition) is 4. The van der Waals surface area contributed by atoms with Gasteiger partial charge in [0.15, 0.2) is 0 Å². The van der Waals surface area contributed by atoms with Crippen molar-refractivity contribution in [3.63, 3.8) is 0 Å². The van der Waals surface area contributed by atoms with Crippen LogP contribution in [0.3, 0.4) is 0 Å². The molecule has 0 spiro atoms. The minimum atomic E-state index is -2.97. The average molecular weight is 389 g/mol. The van der Waals surface area contributed by atoms with Crippen LogP contribution in [0.25, 0.3) is 0 Å². The lowest BCUT2D eigenvalue weighted by atomic mass is 10.2. The molecule has 0 radical (unpaired) electrons. The molecule has 3 aromatic rings. The predicted molar refractivity (Wildman–Crippen MR) is 101 cm³/mol. The molecule has 1 aromatic heterocycles. The Morgan fingerprint density at radius 2 is 1.93 bits per heavy atom. The molecular weight excluding hydrogens is 372 g/mol. The summed E-state index contributed by atoms with van der Waals surface area (Å²) in [6.45, 7) is -0.883. The van der Waals surface area contributed by atoms with Crippen LogP contribution in [0.4, 0.5) is 14.5 Å². The van der Waals surface area contributed by atoms with Gasteiger partial charge in [-0.2, -0.15) is 8.78 Å². The van der Waals surface area contributed by atoms with Gasteiger partial charge in [0.2, 0.25) is 0 Å². The highest BCUT2D eigenvalue weighted by molar-refractivity contribution is 7.12. The van der Waals surface area contributed by atoms with Gasteiger partial charge in [-0.1, -0.05) is 24.3 Å². The number of anilines is 1. The second-order valence-electron chi connectivity index (χ2n) is 5.75. The van der Waals surface area contributed by atoms with E-state index in [1.165, 1.54) is 23.5 Å². The maximum atomic E-state index is 12.6. The summed E-state index contributed by atoms with van der Waals surface area (Å²) in [7, 11) is 0. The number of rotatable bonds is 7. The van der Waals surface area contributed by atoms with Crippen LogP contribution in [-0.2, 0) is 6.61 Å². The van der Waals surface area contributed by atoms with E-state index in [0.717, 1.165) is 16.9 Å². The molecule has 140 valence electrons. The third-order valence-corrected chi connectivity index (χ3v) is 4.61. The smallest absolute Gasteiger partial charge is 0.387 e. The predicted octanol–water partition coefficient (Wildman–Crippen LogP) is 5.49. The van der Waals surface area contributed by atoms with E-state index in [1.807, 2.05) is 35.7 Å². The molecule has 2 aromatic carbocycles. The van der Waals surface area contributed by atoms with E-state index < -0.39 is 12.5 Å². The molecule has 4 nitrogen and oxygen atoms in total. The van der Waals surface area contributed by atoms with Crippen LogP contribution in [0.5, 0.6) is 11.5 Å². The van der Waals surface area contributed by atoms with Crippen molar-refractivity contribution < 1.29 is 23.0 Å². The lowest BCUT2D eigenvalue weighted by Gasteiger charge is -2.12. The quantitative estimate of drug-likeness (QED) is 0.581. The minimum absolute atomic E-state index is 0.0671. The molecule has 0 unspecified atom stereocenters. The van der Waals surface area contributed by atoms with E-state index in [1.54, 1.807) is 19.1 Å². The lowest BCUT2D eigenvalue weighted by Crippen LogP contribution is -2.13. The number of thiophene rings is 1. The third-order valence-electron chi connectivity index (χ3n) is 3.63. The largest absolute Gasteiger partial charge is 0.489 e. The zero-order valence-corrected chi connectivity index (χ0v) is 15.3. The fourth-order valence-corrected chi connectivity index (χ4v) is 3.16. The zero-order valence-electron chi connectivity index (χ0n) is 14.4. The number of nitrogens with one attached hydrogen (secondary N) is 1. The van der Waals surface area contributed by atoms with E-state index in [9.17, 15) is 13.6 Å². The first-order chi connectivity index (χ1) is 13.0. The van der Waals surface area contributed by atoms with Gasteiger partial charge in [0.1, 0.15) is 18.1 Å². The summed E-state index contributed by atoms with van der Waals surface area (Å²) in [5.74, 6) is 0.277. The van der Waals surface area contributed by atoms with Crippen molar-refractivity contribution in [2.24, 2.45) is 0 Å².